The number of nitriles is 1. The van der Waals surface area contributed by atoms with Crippen LogP contribution in [0.5, 0.6) is 0 Å². The first-order chi connectivity index (χ1) is 4.34. The molecular weight excluding hydrogens is 114 g/mol. The van der Waals surface area contributed by atoms with Crippen molar-refractivity contribution in [2.45, 2.75) is 6.92 Å². The Morgan fingerprint density at radius 3 is 3.11 bits per heavy atom. The van der Waals surface area contributed by atoms with Crippen LogP contribution in [-0.2, 0) is 0 Å². The van der Waals surface area contributed by atoms with Crippen LogP contribution in [0.1, 0.15) is 6.92 Å². The van der Waals surface area contributed by atoms with Crippen molar-refractivity contribution in [2.24, 2.45) is 10.9 Å². The van der Waals surface area contributed by atoms with Crippen molar-refractivity contribution in [1.29, 1.82) is 5.26 Å². The van der Waals surface area contributed by atoms with Crippen LogP contribution in [0.3, 0.4) is 0 Å². The van der Waals surface area contributed by atoms with E-state index in [1.165, 1.54) is 0 Å². The monoisotopic (exact) mass is 123 g/mol. The van der Waals surface area contributed by atoms with E-state index in [9.17, 15) is 0 Å². The van der Waals surface area contributed by atoms with E-state index in [0.29, 0.717) is 0 Å². The van der Waals surface area contributed by atoms with Crippen molar-refractivity contribution in [1.82, 2.24) is 5.32 Å². The summed E-state index contributed by atoms with van der Waals surface area (Å²) < 4.78 is 0. The third kappa shape index (κ3) is 1.20. The smallest absolute Gasteiger partial charge is 0.114 e. The van der Waals surface area contributed by atoms with Crippen molar-refractivity contribution in [3.63, 3.8) is 0 Å². The fraction of sp³-hybridized carbons (Fsp3) is 0.667. The van der Waals surface area contributed by atoms with E-state index < -0.39 is 0 Å². The van der Waals surface area contributed by atoms with Gasteiger partial charge in [-0.2, -0.15) is 5.26 Å². The molecule has 0 spiro atoms. The molecule has 1 unspecified atom stereocenters. The van der Waals surface area contributed by atoms with E-state index in [1.54, 1.807) is 0 Å². The van der Waals surface area contributed by atoms with Gasteiger partial charge < -0.3 is 5.32 Å². The lowest BCUT2D eigenvalue weighted by molar-refractivity contribution is 0.913. The lowest BCUT2D eigenvalue weighted by Gasteiger charge is -2.00. The summed E-state index contributed by atoms with van der Waals surface area (Å²) in [6.45, 7) is 3.56. The van der Waals surface area contributed by atoms with Gasteiger partial charge in [0.15, 0.2) is 0 Å². The highest BCUT2D eigenvalue weighted by Gasteiger charge is 2.11. The van der Waals surface area contributed by atoms with Crippen molar-refractivity contribution in [2.75, 3.05) is 13.1 Å². The van der Waals surface area contributed by atoms with Crippen LogP contribution in [-0.4, -0.2) is 18.9 Å². The predicted octanol–water partition coefficient (Wildman–Crippen LogP) is 0.148. The van der Waals surface area contributed by atoms with Crippen LogP contribution in [0.4, 0.5) is 0 Å². The Balaban J connectivity index is 2.53. The summed E-state index contributed by atoms with van der Waals surface area (Å²) in [5.74, 6) is 0.782. The van der Waals surface area contributed by atoms with Crippen molar-refractivity contribution >= 4 is 5.84 Å². The number of aliphatic imine (C=N–C) groups is 1. The third-order valence-corrected chi connectivity index (χ3v) is 1.30. The van der Waals surface area contributed by atoms with Crippen LogP contribution in [0.15, 0.2) is 4.99 Å². The zero-order valence-electron chi connectivity index (χ0n) is 5.39. The van der Waals surface area contributed by atoms with E-state index in [2.05, 4.69) is 16.4 Å². The maximum Gasteiger partial charge on any atom is 0.114 e. The number of hydrogen-bond acceptors (Lipinski definition) is 3. The second-order valence-electron chi connectivity index (χ2n) is 2.04. The summed E-state index contributed by atoms with van der Waals surface area (Å²) in [6.07, 6.45) is 0. The topological polar surface area (TPSA) is 48.2 Å². The maximum atomic E-state index is 8.42. The molecule has 9 heavy (non-hydrogen) atoms. The molecule has 0 radical (unpaired) electrons. The van der Waals surface area contributed by atoms with Gasteiger partial charge in [-0.25, -0.2) is 0 Å². The first kappa shape index (κ1) is 6.09. The Hall–Kier alpha value is -1.04. The van der Waals surface area contributed by atoms with Gasteiger partial charge in [-0.15, -0.1) is 0 Å². The second-order valence-corrected chi connectivity index (χ2v) is 2.04. The van der Waals surface area contributed by atoms with Crippen molar-refractivity contribution in [3.8, 4) is 6.07 Å². The van der Waals surface area contributed by atoms with Gasteiger partial charge in [0, 0.05) is 6.54 Å². The number of amidine groups is 1. The minimum Gasteiger partial charge on any atom is -0.371 e. The molecule has 0 fully saturated rings. The SMILES string of the molecule is CC(C#N)C1=NCCN1. The zero-order valence-corrected chi connectivity index (χ0v) is 5.39. The molecule has 0 aromatic rings. The summed E-state index contributed by atoms with van der Waals surface area (Å²) in [7, 11) is 0. The van der Waals surface area contributed by atoms with Crippen LogP contribution in [0, 0.1) is 17.2 Å². The Labute approximate surface area is 54.4 Å². The molecule has 1 atom stereocenters. The molecule has 1 aliphatic rings. The summed E-state index contributed by atoms with van der Waals surface area (Å²) >= 11 is 0. The molecule has 1 rings (SSSR count). The summed E-state index contributed by atoms with van der Waals surface area (Å²) in [6, 6.07) is 2.11. The van der Waals surface area contributed by atoms with Crippen LogP contribution in [0.25, 0.3) is 0 Å². The second kappa shape index (κ2) is 2.49. The lowest BCUT2D eigenvalue weighted by atomic mass is 10.2. The minimum atomic E-state index is -0.0625. The van der Waals surface area contributed by atoms with Crippen LogP contribution in [0.2, 0.25) is 0 Å². The molecule has 1 aliphatic heterocycles. The molecule has 3 heteroatoms. The van der Waals surface area contributed by atoms with Gasteiger partial charge in [0.05, 0.1) is 12.6 Å². The average molecular weight is 123 g/mol. The van der Waals surface area contributed by atoms with E-state index in [-0.39, 0.29) is 5.92 Å². The molecule has 1 heterocycles. The van der Waals surface area contributed by atoms with Crippen molar-refractivity contribution in [3.05, 3.63) is 0 Å². The van der Waals surface area contributed by atoms with E-state index in [4.69, 9.17) is 5.26 Å². The number of nitrogens with zero attached hydrogens (tertiary/aromatic N) is 2. The molecule has 0 saturated heterocycles. The molecule has 48 valence electrons. The molecule has 0 aromatic carbocycles. The third-order valence-electron chi connectivity index (χ3n) is 1.30. The molecule has 0 aliphatic carbocycles. The van der Waals surface area contributed by atoms with Gasteiger partial charge in [0.25, 0.3) is 0 Å². The van der Waals surface area contributed by atoms with Crippen molar-refractivity contribution < 1.29 is 0 Å². The Morgan fingerprint density at radius 1 is 1.89 bits per heavy atom. The quantitative estimate of drug-likeness (QED) is 0.539. The standard InChI is InChI=1S/C6H9N3/c1-5(4-7)6-8-2-3-9-6/h5H,2-3H2,1H3,(H,8,9). The number of rotatable bonds is 1. The largest absolute Gasteiger partial charge is 0.371 e. The maximum absolute atomic E-state index is 8.42. The average Bonchev–Trinajstić information content (AvgIpc) is 2.37. The first-order valence-electron chi connectivity index (χ1n) is 3.02. The Kier molecular flexibility index (Phi) is 1.69. The fourth-order valence-corrected chi connectivity index (χ4v) is 0.767. The van der Waals surface area contributed by atoms with E-state index in [1.807, 2.05) is 6.92 Å². The van der Waals surface area contributed by atoms with Crippen LogP contribution < -0.4 is 5.32 Å². The van der Waals surface area contributed by atoms with Gasteiger partial charge in [-0.05, 0) is 6.92 Å². The summed E-state index contributed by atoms with van der Waals surface area (Å²) in [5.41, 5.74) is 0. The number of hydrogen-bond donors (Lipinski definition) is 1. The predicted molar refractivity (Wildman–Crippen MR) is 35.1 cm³/mol. The first-order valence-corrected chi connectivity index (χ1v) is 3.02. The molecule has 0 amide bonds. The van der Waals surface area contributed by atoms with Gasteiger partial charge in [0.2, 0.25) is 0 Å². The van der Waals surface area contributed by atoms with E-state index in [0.717, 1.165) is 18.9 Å². The Bertz CT molecular complexity index is 166. The normalized spacial score (nSPS) is 19.8. The van der Waals surface area contributed by atoms with Gasteiger partial charge in [-0.3, -0.25) is 4.99 Å². The summed E-state index contributed by atoms with van der Waals surface area (Å²) in [5, 5.41) is 11.5. The molecular formula is C6H9N3. The molecule has 0 saturated carbocycles. The molecule has 1 N–H and O–H groups in total. The highest BCUT2D eigenvalue weighted by molar-refractivity contribution is 5.87. The molecule has 0 bridgehead atoms. The lowest BCUT2D eigenvalue weighted by Crippen LogP contribution is -2.24. The summed E-state index contributed by atoms with van der Waals surface area (Å²) in [4.78, 5) is 4.09. The van der Waals surface area contributed by atoms with Gasteiger partial charge in [0.1, 0.15) is 11.8 Å². The molecule has 3 nitrogen and oxygen atoms in total. The van der Waals surface area contributed by atoms with Crippen LogP contribution >= 0.6 is 0 Å². The minimum absolute atomic E-state index is 0.0625. The zero-order chi connectivity index (χ0) is 6.69. The molecule has 0 aromatic heterocycles. The highest BCUT2D eigenvalue weighted by atomic mass is 15.1. The fourth-order valence-electron chi connectivity index (χ4n) is 0.767. The van der Waals surface area contributed by atoms with Gasteiger partial charge >= 0.3 is 0 Å². The van der Waals surface area contributed by atoms with Gasteiger partial charge in [-0.1, -0.05) is 0 Å². The Morgan fingerprint density at radius 2 is 2.67 bits per heavy atom. The van der Waals surface area contributed by atoms with E-state index >= 15 is 0 Å². The highest BCUT2D eigenvalue weighted by Crippen LogP contribution is 1.97. The number of nitrogens with one attached hydrogen (secondary N) is 1.